The molecular weight excluding hydrogens is 328 g/mol. The standard InChI is InChI=1S/C22H33ClN2/c1-5-10-20(16(3)15-18-13-14-18)22(21(23)6-2)25-17(4)24-19-11-8-7-9-12-19/h5-6,10,18-19,24H,4,7-9,11-15H2,1-3H3/b10-5-,20-16-,21-6+,25-22-. The third-order valence-electron chi connectivity index (χ3n) is 5.04. The Balaban J connectivity index is 2.23. The molecule has 2 nitrogen and oxygen atoms in total. The predicted molar refractivity (Wildman–Crippen MR) is 111 cm³/mol. The first-order valence-electron chi connectivity index (χ1n) is 9.74. The Labute approximate surface area is 158 Å². The number of rotatable bonds is 8. The van der Waals surface area contributed by atoms with Gasteiger partial charge in [-0.25, -0.2) is 4.99 Å². The highest BCUT2D eigenvalue weighted by Crippen LogP contribution is 2.36. The second kappa shape index (κ2) is 10.0. The topological polar surface area (TPSA) is 24.4 Å². The van der Waals surface area contributed by atoms with Crippen LogP contribution in [-0.2, 0) is 0 Å². The number of hydrogen-bond acceptors (Lipinski definition) is 2. The summed E-state index contributed by atoms with van der Waals surface area (Å²) in [6.45, 7) is 10.4. The van der Waals surface area contributed by atoms with Gasteiger partial charge in [-0.2, -0.15) is 0 Å². The smallest absolute Gasteiger partial charge is 0.119 e. The number of hydrogen-bond donors (Lipinski definition) is 1. The maximum atomic E-state index is 6.54. The molecule has 0 aromatic carbocycles. The molecule has 0 heterocycles. The van der Waals surface area contributed by atoms with Crippen molar-refractivity contribution in [3.8, 4) is 0 Å². The zero-order valence-corrected chi connectivity index (χ0v) is 16.8. The molecule has 0 bridgehead atoms. The molecule has 0 unspecified atom stereocenters. The van der Waals surface area contributed by atoms with Gasteiger partial charge in [0.15, 0.2) is 0 Å². The molecule has 0 atom stereocenters. The van der Waals surface area contributed by atoms with E-state index < -0.39 is 0 Å². The van der Waals surface area contributed by atoms with E-state index in [-0.39, 0.29) is 0 Å². The van der Waals surface area contributed by atoms with E-state index >= 15 is 0 Å². The van der Waals surface area contributed by atoms with Crippen molar-refractivity contribution in [2.75, 3.05) is 0 Å². The van der Waals surface area contributed by atoms with Crippen LogP contribution in [0.25, 0.3) is 0 Å². The highest BCUT2D eigenvalue weighted by Gasteiger charge is 2.23. The Kier molecular flexibility index (Phi) is 8.02. The second-order valence-corrected chi connectivity index (χ2v) is 7.77. The predicted octanol–water partition coefficient (Wildman–Crippen LogP) is 6.66. The largest absolute Gasteiger partial charge is 0.368 e. The molecule has 0 saturated heterocycles. The van der Waals surface area contributed by atoms with Gasteiger partial charge in [0, 0.05) is 11.6 Å². The van der Waals surface area contributed by atoms with Gasteiger partial charge in [-0.15, -0.1) is 0 Å². The summed E-state index contributed by atoms with van der Waals surface area (Å²) in [6.07, 6.45) is 16.3. The first-order chi connectivity index (χ1) is 12.0. The number of halogens is 1. The molecule has 0 radical (unpaired) electrons. The minimum absolute atomic E-state index is 0.498. The fourth-order valence-electron chi connectivity index (χ4n) is 3.48. The molecule has 2 aliphatic rings. The van der Waals surface area contributed by atoms with Gasteiger partial charge in [0.05, 0.1) is 10.7 Å². The number of nitrogens with one attached hydrogen (secondary N) is 1. The lowest BCUT2D eigenvalue weighted by molar-refractivity contribution is 0.396. The van der Waals surface area contributed by atoms with Crippen LogP contribution in [0.15, 0.2) is 51.8 Å². The molecule has 0 spiro atoms. The fourth-order valence-corrected chi connectivity index (χ4v) is 3.63. The van der Waals surface area contributed by atoms with E-state index in [9.17, 15) is 0 Å². The van der Waals surface area contributed by atoms with E-state index in [1.165, 1.54) is 50.5 Å². The summed E-state index contributed by atoms with van der Waals surface area (Å²) >= 11 is 6.54. The number of aliphatic imine (C=N–C) groups is 1. The second-order valence-electron chi connectivity index (χ2n) is 7.36. The van der Waals surface area contributed by atoms with Crippen molar-refractivity contribution in [3.05, 3.63) is 46.8 Å². The Morgan fingerprint density at radius 3 is 2.40 bits per heavy atom. The van der Waals surface area contributed by atoms with E-state index in [2.05, 4.69) is 31.0 Å². The quantitative estimate of drug-likeness (QED) is 0.380. The zero-order valence-electron chi connectivity index (χ0n) is 16.1. The van der Waals surface area contributed by atoms with Crippen LogP contribution < -0.4 is 5.32 Å². The minimum atomic E-state index is 0.498. The minimum Gasteiger partial charge on any atom is -0.368 e. The third-order valence-corrected chi connectivity index (χ3v) is 5.44. The van der Waals surface area contributed by atoms with Crippen LogP contribution in [0.4, 0.5) is 0 Å². The lowest BCUT2D eigenvalue weighted by atomic mass is 9.95. The van der Waals surface area contributed by atoms with Crippen molar-refractivity contribution in [1.29, 1.82) is 0 Å². The fraction of sp³-hybridized carbons (Fsp3) is 0.591. The van der Waals surface area contributed by atoms with Crippen LogP contribution in [0.1, 0.15) is 72.1 Å². The molecule has 0 amide bonds. The summed E-state index contributed by atoms with van der Waals surface area (Å²) in [7, 11) is 0. The van der Waals surface area contributed by atoms with Crippen molar-refractivity contribution in [2.45, 2.75) is 78.2 Å². The summed E-state index contributed by atoms with van der Waals surface area (Å²) in [5, 5.41) is 4.19. The maximum absolute atomic E-state index is 6.54. The molecule has 1 N–H and O–H groups in total. The summed E-state index contributed by atoms with van der Waals surface area (Å²) in [5.41, 5.74) is 3.35. The van der Waals surface area contributed by atoms with Gasteiger partial charge in [-0.3, -0.25) is 0 Å². The van der Waals surface area contributed by atoms with Crippen LogP contribution >= 0.6 is 11.6 Å². The maximum Gasteiger partial charge on any atom is 0.119 e. The first kappa shape index (κ1) is 20.0. The highest BCUT2D eigenvalue weighted by molar-refractivity contribution is 6.46. The van der Waals surface area contributed by atoms with Crippen molar-refractivity contribution < 1.29 is 0 Å². The Morgan fingerprint density at radius 2 is 1.84 bits per heavy atom. The van der Waals surface area contributed by atoms with Crippen LogP contribution in [0, 0.1) is 5.92 Å². The van der Waals surface area contributed by atoms with E-state index in [1.807, 2.05) is 19.9 Å². The van der Waals surface area contributed by atoms with E-state index in [0.717, 1.165) is 29.4 Å². The van der Waals surface area contributed by atoms with Crippen LogP contribution in [0.2, 0.25) is 0 Å². The molecule has 0 aromatic rings. The van der Waals surface area contributed by atoms with Gasteiger partial charge in [0.1, 0.15) is 5.82 Å². The molecule has 2 rings (SSSR count). The van der Waals surface area contributed by atoms with Crippen LogP contribution in [0.5, 0.6) is 0 Å². The van der Waals surface area contributed by atoms with Crippen LogP contribution in [-0.4, -0.2) is 11.8 Å². The van der Waals surface area contributed by atoms with Gasteiger partial charge >= 0.3 is 0 Å². The summed E-state index contributed by atoms with van der Waals surface area (Å²) in [6, 6.07) is 0.498. The van der Waals surface area contributed by atoms with Crippen molar-refractivity contribution in [3.63, 3.8) is 0 Å². The van der Waals surface area contributed by atoms with Gasteiger partial charge in [0.2, 0.25) is 0 Å². The van der Waals surface area contributed by atoms with Gasteiger partial charge in [-0.1, -0.05) is 61.2 Å². The average molecular weight is 361 g/mol. The molecule has 3 heteroatoms. The first-order valence-corrected chi connectivity index (χ1v) is 10.1. The summed E-state index contributed by atoms with van der Waals surface area (Å²) in [5.74, 6) is 1.57. The van der Waals surface area contributed by atoms with Gasteiger partial charge in [0.25, 0.3) is 0 Å². The van der Waals surface area contributed by atoms with Crippen molar-refractivity contribution >= 4 is 17.3 Å². The summed E-state index contributed by atoms with van der Waals surface area (Å²) < 4.78 is 0. The SMILES string of the molecule is C=C(/N=C(C(/C=C\C)=C(/C)CC1CC1)\C(Cl)=C/C)NC1CCCCC1. The number of nitrogens with zero attached hydrogens (tertiary/aromatic N) is 1. The molecule has 2 fully saturated rings. The molecule has 0 aliphatic heterocycles. The van der Waals surface area contributed by atoms with E-state index in [4.69, 9.17) is 16.6 Å². The van der Waals surface area contributed by atoms with Crippen molar-refractivity contribution in [2.24, 2.45) is 10.9 Å². The van der Waals surface area contributed by atoms with Gasteiger partial charge in [-0.05, 0) is 58.8 Å². The lowest BCUT2D eigenvalue weighted by Gasteiger charge is -2.24. The lowest BCUT2D eigenvalue weighted by Crippen LogP contribution is -2.29. The summed E-state index contributed by atoms with van der Waals surface area (Å²) in [4.78, 5) is 4.81. The molecule has 2 aliphatic carbocycles. The molecule has 25 heavy (non-hydrogen) atoms. The molecular formula is C22H33ClN2. The molecule has 2 saturated carbocycles. The molecule has 0 aromatic heterocycles. The normalized spacial score (nSPS) is 21.4. The highest BCUT2D eigenvalue weighted by atomic mass is 35.5. The van der Waals surface area contributed by atoms with E-state index in [0.29, 0.717) is 11.1 Å². The van der Waals surface area contributed by atoms with E-state index in [1.54, 1.807) is 0 Å². The van der Waals surface area contributed by atoms with Crippen molar-refractivity contribution in [1.82, 2.24) is 5.32 Å². The Morgan fingerprint density at radius 1 is 1.16 bits per heavy atom. The van der Waals surface area contributed by atoms with Crippen LogP contribution in [0.3, 0.4) is 0 Å². The van der Waals surface area contributed by atoms with Gasteiger partial charge < -0.3 is 5.32 Å². The molecule has 138 valence electrons. The Hall–Kier alpha value is -1.28. The third kappa shape index (κ3) is 6.51. The monoisotopic (exact) mass is 360 g/mol. The zero-order chi connectivity index (χ0) is 18.2. The average Bonchev–Trinajstić information content (AvgIpc) is 3.42. The number of allylic oxidation sites excluding steroid dienone is 6. The Bertz CT molecular complexity index is 585.